The van der Waals surface area contributed by atoms with Gasteiger partial charge in [0, 0.05) is 34.0 Å². The predicted octanol–water partition coefficient (Wildman–Crippen LogP) is 6.13. The number of nitrogens with zero attached hydrogens (tertiary/aromatic N) is 1. The largest absolute Gasteiger partial charge is 0.484 e. The molecule has 154 valence electrons. The van der Waals surface area contributed by atoms with E-state index in [9.17, 15) is 4.79 Å². The predicted molar refractivity (Wildman–Crippen MR) is 124 cm³/mol. The SMILES string of the molecule is CCn1c2ccccc2c2cc(NC(=O)COc3ccc(C(C)(C)C)cc3)ccc21. The van der Waals surface area contributed by atoms with Crippen LogP contribution in [0, 0.1) is 0 Å². The number of aryl methyl sites for hydroxylation is 1. The molecule has 0 unspecified atom stereocenters. The normalized spacial score (nSPS) is 11.7. The summed E-state index contributed by atoms with van der Waals surface area (Å²) in [5.74, 6) is 0.521. The van der Waals surface area contributed by atoms with Gasteiger partial charge in [0.1, 0.15) is 5.75 Å². The van der Waals surface area contributed by atoms with Gasteiger partial charge >= 0.3 is 0 Å². The maximum Gasteiger partial charge on any atom is 0.262 e. The fraction of sp³-hybridized carbons (Fsp3) is 0.269. The smallest absolute Gasteiger partial charge is 0.262 e. The summed E-state index contributed by atoms with van der Waals surface area (Å²) in [6, 6.07) is 22.3. The molecule has 0 spiro atoms. The number of hydrogen-bond acceptors (Lipinski definition) is 2. The number of benzene rings is 3. The molecule has 0 bridgehead atoms. The highest BCUT2D eigenvalue weighted by atomic mass is 16.5. The molecule has 0 saturated carbocycles. The van der Waals surface area contributed by atoms with E-state index in [-0.39, 0.29) is 17.9 Å². The van der Waals surface area contributed by atoms with Crippen molar-refractivity contribution >= 4 is 33.4 Å². The number of ether oxygens (including phenoxy) is 1. The van der Waals surface area contributed by atoms with Gasteiger partial charge in [-0.2, -0.15) is 0 Å². The summed E-state index contributed by atoms with van der Waals surface area (Å²) < 4.78 is 7.96. The van der Waals surface area contributed by atoms with Gasteiger partial charge in [-0.3, -0.25) is 4.79 Å². The van der Waals surface area contributed by atoms with Gasteiger partial charge in [0.2, 0.25) is 0 Å². The third-order valence-electron chi connectivity index (χ3n) is 5.46. The number of aromatic nitrogens is 1. The fourth-order valence-electron chi connectivity index (χ4n) is 3.87. The molecule has 1 N–H and O–H groups in total. The molecular formula is C26H28N2O2. The number of carbonyl (C=O) groups excluding carboxylic acids is 1. The van der Waals surface area contributed by atoms with Crippen molar-refractivity contribution in [3.05, 3.63) is 72.3 Å². The highest BCUT2D eigenvalue weighted by Gasteiger charge is 2.14. The van der Waals surface area contributed by atoms with Crippen LogP contribution >= 0.6 is 0 Å². The average Bonchev–Trinajstić information content (AvgIpc) is 3.05. The Balaban J connectivity index is 1.47. The molecule has 4 aromatic rings. The van der Waals surface area contributed by atoms with E-state index in [1.54, 1.807) is 0 Å². The highest BCUT2D eigenvalue weighted by molar-refractivity contribution is 6.09. The van der Waals surface area contributed by atoms with Gasteiger partial charge < -0.3 is 14.6 Å². The summed E-state index contributed by atoms with van der Waals surface area (Å²) in [4.78, 5) is 12.4. The first-order valence-corrected chi connectivity index (χ1v) is 10.4. The van der Waals surface area contributed by atoms with Crippen molar-refractivity contribution in [3.63, 3.8) is 0 Å². The maximum absolute atomic E-state index is 12.4. The quantitative estimate of drug-likeness (QED) is 0.438. The fourth-order valence-corrected chi connectivity index (χ4v) is 3.87. The van der Waals surface area contributed by atoms with Crippen molar-refractivity contribution in [1.82, 2.24) is 4.57 Å². The van der Waals surface area contributed by atoms with Gasteiger partial charge in [0.15, 0.2) is 6.61 Å². The molecule has 1 amide bonds. The van der Waals surface area contributed by atoms with E-state index in [0.717, 1.165) is 17.6 Å². The summed E-state index contributed by atoms with van der Waals surface area (Å²) in [5, 5.41) is 5.30. The minimum absolute atomic E-state index is 0.0242. The monoisotopic (exact) mass is 400 g/mol. The third kappa shape index (κ3) is 3.90. The van der Waals surface area contributed by atoms with Crippen molar-refractivity contribution < 1.29 is 9.53 Å². The van der Waals surface area contributed by atoms with Crippen LogP contribution in [-0.2, 0) is 16.8 Å². The summed E-state index contributed by atoms with van der Waals surface area (Å²) in [5.41, 5.74) is 4.49. The average molecular weight is 401 g/mol. The molecule has 4 nitrogen and oxygen atoms in total. The first kappa shape index (κ1) is 20.0. The Morgan fingerprint density at radius 1 is 0.933 bits per heavy atom. The topological polar surface area (TPSA) is 43.3 Å². The molecule has 1 heterocycles. The van der Waals surface area contributed by atoms with E-state index < -0.39 is 0 Å². The molecule has 30 heavy (non-hydrogen) atoms. The zero-order valence-electron chi connectivity index (χ0n) is 18.0. The van der Waals surface area contributed by atoms with Crippen molar-refractivity contribution in [2.24, 2.45) is 0 Å². The van der Waals surface area contributed by atoms with Crippen LogP contribution in [0.1, 0.15) is 33.3 Å². The van der Waals surface area contributed by atoms with E-state index in [4.69, 9.17) is 4.74 Å². The van der Waals surface area contributed by atoms with Crippen LogP contribution in [0.25, 0.3) is 21.8 Å². The number of carbonyl (C=O) groups is 1. The zero-order valence-corrected chi connectivity index (χ0v) is 18.0. The maximum atomic E-state index is 12.4. The standard InChI is InChI=1S/C26H28N2O2/c1-5-28-23-9-7-6-8-21(23)22-16-19(12-15-24(22)28)27-25(29)17-30-20-13-10-18(11-14-20)26(2,3)4/h6-16H,5,17H2,1-4H3,(H,27,29). The van der Waals surface area contributed by atoms with Gasteiger partial charge in [-0.1, -0.05) is 51.1 Å². The molecule has 1 aromatic heterocycles. The summed E-state index contributed by atoms with van der Waals surface area (Å²) in [7, 11) is 0. The molecule has 0 saturated heterocycles. The minimum atomic E-state index is -0.173. The number of anilines is 1. The number of amides is 1. The number of nitrogens with one attached hydrogen (secondary N) is 1. The number of para-hydroxylation sites is 1. The molecule has 0 atom stereocenters. The van der Waals surface area contributed by atoms with Crippen LogP contribution in [0.5, 0.6) is 5.75 Å². The lowest BCUT2D eigenvalue weighted by atomic mass is 9.87. The lowest BCUT2D eigenvalue weighted by Gasteiger charge is -2.19. The first-order chi connectivity index (χ1) is 14.4. The Labute approximate surface area is 177 Å². The van der Waals surface area contributed by atoms with Crippen LogP contribution in [0.2, 0.25) is 0 Å². The summed E-state index contributed by atoms with van der Waals surface area (Å²) in [6.45, 7) is 9.54. The van der Waals surface area contributed by atoms with Crippen molar-refractivity contribution in [2.45, 2.75) is 39.7 Å². The second-order valence-corrected chi connectivity index (χ2v) is 8.60. The van der Waals surface area contributed by atoms with Crippen molar-refractivity contribution in [3.8, 4) is 5.75 Å². The molecule has 3 aromatic carbocycles. The van der Waals surface area contributed by atoms with Crippen molar-refractivity contribution in [2.75, 3.05) is 11.9 Å². The Kier molecular flexibility index (Phi) is 5.25. The van der Waals surface area contributed by atoms with E-state index in [1.165, 1.54) is 22.0 Å². The third-order valence-corrected chi connectivity index (χ3v) is 5.46. The number of rotatable bonds is 5. The molecule has 4 rings (SSSR count). The van der Waals surface area contributed by atoms with Crippen LogP contribution in [-0.4, -0.2) is 17.1 Å². The van der Waals surface area contributed by atoms with E-state index >= 15 is 0 Å². The van der Waals surface area contributed by atoms with Gasteiger partial charge in [-0.15, -0.1) is 0 Å². The summed E-state index contributed by atoms with van der Waals surface area (Å²) in [6.07, 6.45) is 0. The zero-order chi connectivity index (χ0) is 21.3. The number of hydrogen-bond donors (Lipinski definition) is 1. The van der Waals surface area contributed by atoms with Crippen LogP contribution in [0.4, 0.5) is 5.69 Å². The van der Waals surface area contributed by atoms with E-state index in [0.29, 0.717) is 5.75 Å². The van der Waals surface area contributed by atoms with Crippen LogP contribution in [0.15, 0.2) is 66.7 Å². The van der Waals surface area contributed by atoms with E-state index in [2.05, 4.69) is 61.8 Å². The Hall–Kier alpha value is -3.27. The van der Waals surface area contributed by atoms with Crippen LogP contribution in [0.3, 0.4) is 0 Å². The Bertz CT molecular complexity index is 1200. The lowest BCUT2D eigenvalue weighted by Crippen LogP contribution is -2.20. The molecule has 0 aliphatic rings. The molecule has 4 heteroatoms. The van der Waals surface area contributed by atoms with Gasteiger partial charge in [0.25, 0.3) is 5.91 Å². The molecule has 0 radical (unpaired) electrons. The second kappa shape index (κ2) is 7.86. The second-order valence-electron chi connectivity index (χ2n) is 8.60. The molecular weight excluding hydrogens is 372 g/mol. The first-order valence-electron chi connectivity index (χ1n) is 10.4. The summed E-state index contributed by atoms with van der Waals surface area (Å²) >= 11 is 0. The van der Waals surface area contributed by atoms with Crippen molar-refractivity contribution in [1.29, 1.82) is 0 Å². The van der Waals surface area contributed by atoms with Gasteiger partial charge in [-0.25, -0.2) is 0 Å². The van der Waals surface area contributed by atoms with E-state index in [1.807, 2.05) is 42.5 Å². The lowest BCUT2D eigenvalue weighted by molar-refractivity contribution is -0.118. The molecule has 0 aliphatic heterocycles. The number of fused-ring (bicyclic) bond motifs is 3. The van der Waals surface area contributed by atoms with Crippen LogP contribution < -0.4 is 10.1 Å². The van der Waals surface area contributed by atoms with Gasteiger partial charge in [0.05, 0.1) is 0 Å². The Morgan fingerprint density at radius 3 is 2.33 bits per heavy atom. The Morgan fingerprint density at radius 2 is 1.63 bits per heavy atom. The molecule has 0 fully saturated rings. The molecule has 0 aliphatic carbocycles. The van der Waals surface area contributed by atoms with Gasteiger partial charge in [-0.05, 0) is 54.3 Å². The highest BCUT2D eigenvalue weighted by Crippen LogP contribution is 2.31. The minimum Gasteiger partial charge on any atom is -0.484 e.